The summed E-state index contributed by atoms with van der Waals surface area (Å²) in [6, 6.07) is 7.34. The van der Waals surface area contributed by atoms with Crippen LogP contribution in [-0.4, -0.2) is 52.9 Å². The normalized spacial score (nSPS) is 10.6. The Balaban J connectivity index is 1.95. The van der Waals surface area contributed by atoms with E-state index in [0.29, 0.717) is 24.7 Å². The van der Waals surface area contributed by atoms with Crippen LogP contribution in [0.25, 0.3) is 5.69 Å². The maximum absolute atomic E-state index is 11.8. The Morgan fingerprint density at radius 2 is 2.29 bits per heavy atom. The maximum Gasteiger partial charge on any atom is 0.238 e. The molecular weight excluding hydrogens is 272 g/mol. The van der Waals surface area contributed by atoms with Gasteiger partial charge in [0.05, 0.1) is 18.8 Å². The molecule has 112 valence electrons. The Bertz CT molecular complexity index is 598. The molecule has 0 fully saturated rings. The summed E-state index contributed by atoms with van der Waals surface area (Å²) in [6.07, 6.45) is 0. The molecule has 1 heterocycles. The summed E-state index contributed by atoms with van der Waals surface area (Å²) in [5, 5.41) is 17.1. The predicted octanol–water partition coefficient (Wildman–Crippen LogP) is 0.145. The second-order valence-electron chi connectivity index (χ2n) is 4.41. The van der Waals surface area contributed by atoms with Crippen molar-refractivity contribution < 1.29 is 9.53 Å². The molecule has 21 heavy (non-hydrogen) atoms. The zero-order valence-corrected chi connectivity index (χ0v) is 12.0. The Morgan fingerprint density at radius 1 is 1.43 bits per heavy atom. The molecule has 0 saturated heterocycles. The summed E-state index contributed by atoms with van der Waals surface area (Å²) in [5.41, 5.74) is 1.49. The molecule has 0 aliphatic rings. The van der Waals surface area contributed by atoms with Crippen molar-refractivity contribution in [1.82, 2.24) is 25.5 Å². The van der Waals surface area contributed by atoms with Crippen LogP contribution in [0.3, 0.4) is 0 Å². The van der Waals surface area contributed by atoms with Crippen molar-refractivity contribution in [2.45, 2.75) is 6.92 Å². The lowest BCUT2D eigenvalue weighted by molar-refractivity contribution is -0.115. The summed E-state index contributed by atoms with van der Waals surface area (Å²) in [6.45, 7) is 3.25. The lowest BCUT2D eigenvalue weighted by Gasteiger charge is -2.08. The Morgan fingerprint density at radius 3 is 3.00 bits per heavy atom. The van der Waals surface area contributed by atoms with Gasteiger partial charge in [0.25, 0.3) is 0 Å². The topological polar surface area (TPSA) is 94.0 Å². The van der Waals surface area contributed by atoms with Crippen molar-refractivity contribution >= 4 is 11.6 Å². The monoisotopic (exact) mass is 290 g/mol. The van der Waals surface area contributed by atoms with Gasteiger partial charge < -0.3 is 15.4 Å². The molecule has 0 aliphatic carbocycles. The van der Waals surface area contributed by atoms with E-state index >= 15 is 0 Å². The number of carbonyl (C=O) groups excluding carboxylic acids is 1. The fourth-order valence-corrected chi connectivity index (χ4v) is 1.77. The van der Waals surface area contributed by atoms with Crippen LogP contribution >= 0.6 is 0 Å². The summed E-state index contributed by atoms with van der Waals surface area (Å²) in [5.74, 6) is 0.566. The molecule has 0 aliphatic heterocycles. The highest BCUT2D eigenvalue weighted by molar-refractivity contribution is 5.92. The molecule has 1 aromatic carbocycles. The van der Waals surface area contributed by atoms with Gasteiger partial charge in [-0.25, -0.2) is 0 Å². The minimum atomic E-state index is -0.114. The van der Waals surface area contributed by atoms with E-state index in [1.165, 1.54) is 0 Å². The lowest BCUT2D eigenvalue weighted by Crippen LogP contribution is -2.30. The molecular formula is C13H18N6O2. The number of aromatic nitrogens is 4. The summed E-state index contributed by atoms with van der Waals surface area (Å²) in [4.78, 5) is 11.8. The number of nitrogens with zero attached hydrogens (tertiary/aromatic N) is 4. The van der Waals surface area contributed by atoms with E-state index in [-0.39, 0.29) is 12.5 Å². The molecule has 1 aromatic heterocycles. The minimum absolute atomic E-state index is 0.114. The van der Waals surface area contributed by atoms with Crippen LogP contribution < -0.4 is 10.6 Å². The van der Waals surface area contributed by atoms with Gasteiger partial charge in [0.15, 0.2) is 5.82 Å². The SMILES string of the molecule is COCCNCC(=O)Nc1cccc(-n2nnnc2C)c1. The van der Waals surface area contributed by atoms with Gasteiger partial charge in [-0.2, -0.15) is 4.68 Å². The molecule has 0 bridgehead atoms. The molecule has 2 rings (SSSR count). The van der Waals surface area contributed by atoms with E-state index < -0.39 is 0 Å². The van der Waals surface area contributed by atoms with Gasteiger partial charge >= 0.3 is 0 Å². The molecule has 2 N–H and O–H groups in total. The number of nitrogens with one attached hydrogen (secondary N) is 2. The number of tetrazole rings is 1. The van der Waals surface area contributed by atoms with E-state index in [1.807, 2.05) is 31.2 Å². The van der Waals surface area contributed by atoms with Crippen LogP contribution in [0.5, 0.6) is 0 Å². The van der Waals surface area contributed by atoms with Gasteiger partial charge in [0, 0.05) is 19.3 Å². The average Bonchev–Trinajstić information content (AvgIpc) is 2.90. The summed E-state index contributed by atoms with van der Waals surface area (Å²) in [7, 11) is 1.62. The number of amides is 1. The number of benzene rings is 1. The number of methoxy groups -OCH3 is 1. The molecule has 0 atom stereocenters. The fourth-order valence-electron chi connectivity index (χ4n) is 1.77. The average molecular weight is 290 g/mol. The van der Waals surface area contributed by atoms with Crippen LogP contribution in [0.1, 0.15) is 5.82 Å². The van der Waals surface area contributed by atoms with Crippen LogP contribution in [0.2, 0.25) is 0 Å². The molecule has 0 spiro atoms. The highest BCUT2D eigenvalue weighted by Crippen LogP contribution is 2.14. The number of ether oxygens (including phenoxy) is 1. The third-order valence-corrected chi connectivity index (χ3v) is 2.77. The minimum Gasteiger partial charge on any atom is -0.383 e. The number of anilines is 1. The van der Waals surface area contributed by atoms with Gasteiger partial charge in [0.1, 0.15) is 0 Å². The zero-order chi connectivity index (χ0) is 15.1. The quantitative estimate of drug-likeness (QED) is 0.705. The van der Waals surface area contributed by atoms with E-state index in [1.54, 1.807) is 11.8 Å². The van der Waals surface area contributed by atoms with Crippen LogP contribution in [0.4, 0.5) is 5.69 Å². The first-order valence-corrected chi connectivity index (χ1v) is 6.55. The van der Waals surface area contributed by atoms with Gasteiger partial charge in [-0.3, -0.25) is 4.79 Å². The molecule has 0 unspecified atom stereocenters. The van der Waals surface area contributed by atoms with Gasteiger partial charge in [-0.15, -0.1) is 5.10 Å². The number of rotatable bonds is 7. The van der Waals surface area contributed by atoms with Crippen molar-refractivity contribution in [2.24, 2.45) is 0 Å². The predicted molar refractivity (Wildman–Crippen MR) is 77.3 cm³/mol. The van der Waals surface area contributed by atoms with E-state index in [4.69, 9.17) is 4.74 Å². The van der Waals surface area contributed by atoms with Gasteiger partial charge in [-0.05, 0) is 35.5 Å². The number of aryl methyl sites for hydroxylation is 1. The summed E-state index contributed by atoms with van der Waals surface area (Å²) >= 11 is 0. The van der Waals surface area contributed by atoms with E-state index in [9.17, 15) is 4.79 Å². The van der Waals surface area contributed by atoms with E-state index in [0.717, 1.165) is 5.69 Å². The highest BCUT2D eigenvalue weighted by Gasteiger charge is 2.06. The largest absolute Gasteiger partial charge is 0.383 e. The van der Waals surface area contributed by atoms with Crippen molar-refractivity contribution in [3.05, 3.63) is 30.1 Å². The smallest absolute Gasteiger partial charge is 0.238 e. The number of hydrogen-bond donors (Lipinski definition) is 2. The second kappa shape index (κ2) is 7.46. The molecule has 8 nitrogen and oxygen atoms in total. The molecule has 0 saturated carbocycles. The maximum atomic E-state index is 11.8. The fraction of sp³-hybridized carbons (Fsp3) is 0.385. The van der Waals surface area contributed by atoms with Crippen molar-refractivity contribution in [1.29, 1.82) is 0 Å². The summed E-state index contributed by atoms with van der Waals surface area (Å²) < 4.78 is 6.50. The standard InChI is InChI=1S/C13H18N6O2/c1-10-16-17-18-19(10)12-5-3-4-11(8-12)15-13(20)9-14-6-7-21-2/h3-5,8,14H,6-7,9H2,1-2H3,(H,15,20). The lowest BCUT2D eigenvalue weighted by atomic mass is 10.2. The molecule has 1 amide bonds. The third kappa shape index (κ3) is 4.33. The first-order valence-electron chi connectivity index (χ1n) is 6.55. The molecule has 8 heteroatoms. The third-order valence-electron chi connectivity index (χ3n) is 2.77. The van der Waals surface area contributed by atoms with Gasteiger partial charge in [-0.1, -0.05) is 6.07 Å². The van der Waals surface area contributed by atoms with Crippen LogP contribution in [0.15, 0.2) is 24.3 Å². The number of hydrogen-bond acceptors (Lipinski definition) is 6. The first-order chi connectivity index (χ1) is 10.2. The van der Waals surface area contributed by atoms with Crippen molar-refractivity contribution in [3.63, 3.8) is 0 Å². The Hall–Kier alpha value is -2.32. The van der Waals surface area contributed by atoms with Crippen LogP contribution in [0, 0.1) is 6.92 Å². The van der Waals surface area contributed by atoms with Gasteiger partial charge in [0.2, 0.25) is 5.91 Å². The van der Waals surface area contributed by atoms with E-state index in [2.05, 4.69) is 26.2 Å². The van der Waals surface area contributed by atoms with Crippen LogP contribution in [-0.2, 0) is 9.53 Å². The van der Waals surface area contributed by atoms with Crippen molar-refractivity contribution in [3.8, 4) is 5.69 Å². The zero-order valence-electron chi connectivity index (χ0n) is 12.0. The Labute approximate surface area is 122 Å². The number of carbonyl (C=O) groups is 1. The van der Waals surface area contributed by atoms with Crippen molar-refractivity contribution in [2.75, 3.05) is 32.1 Å². The second-order valence-corrected chi connectivity index (χ2v) is 4.41. The first kappa shape index (κ1) is 15.1. The Kier molecular flexibility index (Phi) is 5.35. The molecule has 2 aromatic rings. The highest BCUT2D eigenvalue weighted by atomic mass is 16.5. The molecule has 0 radical (unpaired) electrons.